The normalized spacial score (nSPS) is 16.1. The molecule has 0 aliphatic carbocycles. The minimum absolute atomic E-state index is 0.598. The van der Waals surface area contributed by atoms with E-state index in [0.29, 0.717) is 19.8 Å². The lowest BCUT2D eigenvalue weighted by Crippen LogP contribution is -2.46. The van der Waals surface area contributed by atoms with Gasteiger partial charge in [0.15, 0.2) is 11.5 Å². The van der Waals surface area contributed by atoms with Crippen LogP contribution in [0.25, 0.3) is 0 Å². The smallest absolute Gasteiger partial charge is 0.184 e. The standard InChI is InChI=1S/C27H30N2O3/c1-21-18-23(10-11-25(21)32-20-22-6-3-2-4-7-22)19-28-12-14-29(15-13-28)24-8-5-9-26-27(24)31-17-16-30-26/h2-11,18H,12-17,19-20H2,1H3. The first-order chi connectivity index (χ1) is 15.8. The van der Waals surface area contributed by atoms with Gasteiger partial charge in [0.1, 0.15) is 25.6 Å². The molecule has 0 atom stereocenters. The maximum absolute atomic E-state index is 6.03. The fourth-order valence-corrected chi connectivity index (χ4v) is 4.42. The van der Waals surface area contributed by atoms with Gasteiger partial charge in [0.25, 0.3) is 0 Å². The van der Waals surface area contributed by atoms with Crippen molar-refractivity contribution in [2.24, 2.45) is 0 Å². The van der Waals surface area contributed by atoms with Crippen molar-refractivity contribution in [3.8, 4) is 17.2 Å². The summed E-state index contributed by atoms with van der Waals surface area (Å²) in [6.07, 6.45) is 0. The summed E-state index contributed by atoms with van der Waals surface area (Å²) in [4.78, 5) is 4.93. The topological polar surface area (TPSA) is 34.2 Å². The molecule has 2 aliphatic rings. The average Bonchev–Trinajstić information content (AvgIpc) is 2.84. The first-order valence-corrected chi connectivity index (χ1v) is 11.4. The van der Waals surface area contributed by atoms with E-state index in [1.54, 1.807) is 0 Å². The third-order valence-electron chi connectivity index (χ3n) is 6.14. The Balaban J connectivity index is 1.16. The van der Waals surface area contributed by atoms with Gasteiger partial charge in [-0.3, -0.25) is 4.90 Å². The van der Waals surface area contributed by atoms with Crippen molar-refractivity contribution < 1.29 is 14.2 Å². The largest absolute Gasteiger partial charge is 0.489 e. The number of piperazine rings is 1. The van der Waals surface area contributed by atoms with Crippen LogP contribution in [0.2, 0.25) is 0 Å². The van der Waals surface area contributed by atoms with Crippen LogP contribution >= 0.6 is 0 Å². The second-order valence-electron chi connectivity index (χ2n) is 8.44. The maximum Gasteiger partial charge on any atom is 0.184 e. The van der Waals surface area contributed by atoms with Crippen molar-refractivity contribution in [3.63, 3.8) is 0 Å². The molecule has 5 nitrogen and oxygen atoms in total. The second-order valence-corrected chi connectivity index (χ2v) is 8.44. The molecule has 0 bridgehead atoms. The van der Waals surface area contributed by atoms with Crippen LogP contribution in [-0.2, 0) is 13.2 Å². The van der Waals surface area contributed by atoms with Crippen LogP contribution < -0.4 is 19.1 Å². The molecule has 5 rings (SSSR count). The number of nitrogens with zero attached hydrogens (tertiary/aromatic N) is 2. The predicted molar refractivity (Wildman–Crippen MR) is 127 cm³/mol. The lowest BCUT2D eigenvalue weighted by atomic mass is 10.1. The third-order valence-corrected chi connectivity index (χ3v) is 6.14. The van der Waals surface area contributed by atoms with Gasteiger partial charge >= 0.3 is 0 Å². The van der Waals surface area contributed by atoms with Gasteiger partial charge in [-0.2, -0.15) is 0 Å². The van der Waals surface area contributed by atoms with E-state index >= 15 is 0 Å². The van der Waals surface area contributed by atoms with Crippen LogP contribution in [0.3, 0.4) is 0 Å². The molecule has 0 unspecified atom stereocenters. The highest BCUT2D eigenvalue weighted by molar-refractivity contribution is 5.65. The second kappa shape index (κ2) is 9.53. The Hall–Kier alpha value is -3.18. The number of fused-ring (bicyclic) bond motifs is 1. The number of hydrogen-bond acceptors (Lipinski definition) is 5. The molecule has 1 fully saturated rings. The first kappa shape index (κ1) is 20.7. The van der Waals surface area contributed by atoms with Crippen LogP contribution in [0, 0.1) is 6.92 Å². The highest BCUT2D eigenvalue weighted by Crippen LogP contribution is 2.39. The minimum atomic E-state index is 0.598. The molecular formula is C27H30N2O3. The van der Waals surface area contributed by atoms with E-state index in [9.17, 15) is 0 Å². The fourth-order valence-electron chi connectivity index (χ4n) is 4.42. The Labute approximate surface area is 190 Å². The molecular weight excluding hydrogens is 400 g/mol. The molecule has 32 heavy (non-hydrogen) atoms. The van der Waals surface area contributed by atoms with Crippen molar-refractivity contribution in [2.45, 2.75) is 20.1 Å². The molecule has 3 aromatic carbocycles. The summed E-state index contributed by atoms with van der Waals surface area (Å²) < 4.78 is 17.7. The van der Waals surface area contributed by atoms with Gasteiger partial charge in [0.05, 0.1) is 5.69 Å². The number of rotatable bonds is 6. The summed E-state index contributed by atoms with van der Waals surface area (Å²) in [6, 6.07) is 23.0. The highest BCUT2D eigenvalue weighted by atomic mass is 16.6. The number of anilines is 1. The first-order valence-electron chi connectivity index (χ1n) is 11.4. The zero-order chi connectivity index (χ0) is 21.8. The van der Waals surface area contributed by atoms with E-state index in [0.717, 1.165) is 55.7 Å². The van der Waals surface area contributed by atoms with Crippen molar-refractivity contribution in [1.29, 1.82) is 0 Å². The number of ether oxygens (including phenoxy) is 3. The van der Waals surface area contributed by atoms with Crippen molar-refractivity contribution >= 4 is 5.69 Å². The van der Waals surface area contributed by atoms with Gasteiger partial charge in [-0.05, 0) is 41.8 Å². The Morgan fingerprint density at radius 3 is 2.44 bits per heavy atom. The molecule has 166 valence electrons. The zero-order valence-corrected chi connectivity index (χ0v) is 18.6. The van der Waals surface area contributed by atoms with Crippen molar-refractivity contribution in [3.05, 3.63) is 83.4 Å². The molecule has 2 aliphatic heterocycles. The molecule has 2 heterocycles. The van der Waals surface area contributed by atoms with E-state index < -0.39 is 0 Å². The fraction of sp³-hybridized carbons (Fsp3) is 0.333. The summed E-state index contributed by atoms with van der Waals surface area (Å²) in [6.45, 7) is 8.94. The van der Waals surface area contributed by atoms with Gasteiger partial charge < -0.3 is 19.1 Å². The molecule has 0 aromatic heterocycles. The van der Waals surface area contributed by atoms with Gasteiger partial charge in [-0.15, -0.1) is 0 Å². The monoisotopic (exact) mass is 430 g/mol. The molecule has 0 amide bonds. The summed E-state index contributed by atoms with van der Waals surface area (Å²) in [7, 11) is 0. The van der Waals surface area contributed by atoms with Gasteiger partial charge in [0, 0.05) is 32.7 Å². The Bertz CT molecular complexity index is 1050. The van der Waals surface area contributed by atoms with Crippen LogP contribution in [0.1, 0.15) is 16.7 Å². The van der Waals surface area contributed by atoms with Crippen LogP contribution in [0.15, 0.2) is 66.7 Å². The molecule has 0 N–H and O–H groups in total. The third kappa shape index (κ3) is 4.68. The molecule has 3 aromatic rings. The van der Waals surface area contributed by atoms with Crippen LogP contribution in [0.4, 0.5) is 5.69 Å². The summed E-state index contributed by atoms with van der Waals surface area (Å²) in [5.74, 6) is 2.72. The van der Waals surface area contributed by atoms with E-state index in [-0.39, 0.29) is 0 Å². The van der Waals surface area contributed by atoms with Crippen LogP contribution in [0.5, 0.6) is 17.2 Å². The Morgan fingerprint density at radius 2 is 1.62 bits per heavy atom. The van der Waals surface area contributed by atoms with Gasteiger partial charge in [-0.25, -0.2) is 0 Å². The van der Waals surface area contributed by atoms with E-state index in [1.165, 1.54) is 16.7 Å². The Kier molecular flexibility index (Phi) is 6.17. The average molecular weight is 431 g/mol. The molecule has 5 heteroatoms. The summed E-state index contributed by atoms with van der Waals surface area (Å²) in [5, 5.41) is 0. The van der Waals surface area contributed by atoms with E-state index in [4.69, 9.17) is 14.2 Å². The van der Waals surface area contributed by atoms with Gasteiger partial charge in [0.2, 0.25) is 0 Å². The predicted octanol–water partition coefficient (Wildman–Crippen LogP) is 4.67. The van der Waals surface area contributed by atoms with Gasteiger partial charge in [-0.1, -0.05) is 48.5 Å². The molecule has 1 saturated heterocycles. The maximum atomic E-state index is 6.03. The Morgan fingerprint density at radius 1 is 0.812 bits per heavy atom. The molecule has 0 saturated carbocycles. The zero-order valence-electron chi connectivity index (χ0n) is 18.6. The lowest BCUT2D eigenvalue weighted by molar-refractivity contribution is 0.171. The summed E-state index contributed by atoms with van der Waals surface area (Å²) in [5.41, 5.74) is 4.85. The lowest BCUT2D eigenvalue weighted by Gasteiger charge is -2.37. The van der Waals surface area contributed by atoms with E-state index in [2.05, 4.69) is 59.2 Å². The number of hydrogen-bond donors (Lipinski definition) is 0. The minimum Gasteiger partial charge on any atom is -0.489 e. The summed E-state index contributed by atoms with van der Waals surface area (Å²) >= 11 is 0. The SMILES string of the molecule is Cc1cc(CN2CCN(c3cccc4c3OCCO4)CC2)ccc1OCc1ccccc1. The number of benzene rings is 3. The van der Waals surface area contributed by atoms with Crippen molar-refractivity contribution in [1.82, 2.24) is 4.90 Å². The van der Waals surface area contributed by atoms with Crippen molar-refractivity contribution in [2.75, 3.05) is 44.3 Å². The number of aryl methyl sites for hydroxylation is 1. The molecule has 0 spiro atoms. The quantitative estimate of drug-likeness (QED) is 0.568. The van der Waals surface area contributed by atoms with E-state index in [1.807, 2.05) is 24.3 Å². The number of para-hydroxylation sites is 1. The highest BCUT2D eigenvalue weighted by Gasteiger charge is 2.23. The molecule has 0 radical (unpaired) electrons. The van der Waals surface area contributed by atoms with Crippen LogP contribution in [-0.4, -0.2) is 44.3 Å².